The number of hydrogen-bond acceptors (Lipinski definition) is 4. The molecule has 2 aromatic rings. The molecule has 1 aromatic heterocycles. The van der Waals surface area contributed by atoms with Crippen LogP contribution in [-0.4, -0.2) is 48.5 Å². The number of anilines is 2. The monoisotopic (exact) mass is 324 g/mol. The van der Waals surface area contributed by atoms with Gasteiger partial charge in [-0.05, 0) is 36.2 Å². The van der Waals surface area contributed by atoms with Crippen LogP contribution in [0.1, 0.15) is 12.5 Å². The third-order valence-electron chi connectivity index (χ3n) is 4.33. The van der Waals surface area contributed by atoms with E-state index in [1.54, 1.807) is 0 Å². The number of amides is 1. The fourth-order valence-electron chi connectivity index (χ4n) is 2.95. The van der Waals surface area contributed by atoms with Crippen molar-refractivity contribution in [1.29, 1.82) is 0 Å². The zero-order chi connectivity index (χ0) is 16.8. The average molecular weight is 324 g/mol. The van der Waals surface area contributed by atoms with E-state index in [9.17, 15) is 4.79 Å². The van der Waals surface area contributed by atoms with E-state index in [1.807, 2.05) is 42.6 Å². The van der Waals surface area contributed by atoms with Crippen molar-refractivity contribution < 1.29 is 4.79 Å². The standard InChI is InChI=1S/C19H24N4O/c1-2-16-6-5-7-17(14-16)21-19(24)15-22-10-12-23(13-11-22)18-8-3-4-9-20-18/h3-9,14H,2,10-13,15H2,1H3,(H,21,24). The quantitative estimate of drug-likeness (QED) is 0.917. The Morgan fingerprint density at radius 2 is 1.96 bits per heavy atom. The van der Waals surface area contributed by atoms with Gasteiger partial charge in [-0.25, -0.2) is 4.98 Å². The number of nitrogens with one attached hydrogen (secondary N) is 1. The Kier molecular flexibility index (Phi) is 5.43. The molecule has 0 saturated carbocycles. The molecule has 0 radical (unpaired) electrons. The summed E-state index contributed by atoms with van der Waals surface area (Å²) >= 11 is 0. The van der Waals surface area contributed by atoms with Crippen LogP contribution in [0.5, 0.6) is 0 Å². The van der Waals surface area contributed by atoms with Crippen LogP contribution < -0.4 is 10.2 Å². The van der Waals surface area contributed by atoms with Gasteiger partial charge in [0.05, 0.1) is 6.54 Å². The third-order valence-corrected chi connectivity index (χ3v) is 4.33. The summed E-state index contributed by atoms with van der Waals surface area (Å²) in [6.45, 7) is 6.09. The number of rotatable bonds is 5. The number of pyridine rings is 1. The van der Waals surface area contributed by atoms with E-state index < -0.39 is 0 Å². The van der Waals surface area contributed by atoms with Gasteiger partial charge in [0.1, 0.15) is 5.82 Å². The fraction of sp³-hybridized carbons (Fsp3) is 0.368. The van der Waals surface area contributed by atoms with E-state index in [-0.39, 0.29) is 5.91 Å². The van der Waals surface area contributed by atoms with Crippen molar-refractivity contribution in [1.82, 2.24) is 9.88 Å². The molecule has 0 bridgehead atoms. The normalized spacial score (nSPS) is 15.3. The van der Waals surface area contributed by atoms with E-state index in [0.29, 0.717) is 6.54 Å². The Hall–Kier alpha value is -2.40. The van der Waals surface area contributed by atoms with Crippen LogP contribution in [0.3, 0.4) is 0 Å². The second kappa shape index (κ2) is 7.93. The summed E-state index contributed by atoms with van der Waals surface area (Å²) in [5, 5.41) is 3.00. The first-order valence-electron chi connectivity index (χ1n) is 8.51. The molecule has 1 N–H and O–H groups in total. The summed E-state index contributed by atoms with van der Waals surface area (Å²) < 4.78 is 0. The molecule has 1 aliphatic heterocycles. The minimum atomic E-state index is 0.0505. The van der Waals surface area contributed by atoms with E-state index >= 15 is 0 Å². The van der Waals surface area contributed by atoms with Gasteiger partial charge >= 0.3 is 0 Å². The molecular formula is C19H24N4O. The summed E-state index contributed by atoms with van der Waals surface area (Å²) in [7, 11) is 0. The Balaban J connectivity index is 1.48. The van der Waals surface area contributed by atoms with Crippen LogP contribution in [-0.2, 0) is 11.2 Å². The van der Waals surface area contributed by atoms with Gasteiger partial charge in [-0.15, -0.1) is 0 Å². The number of aromatic nitrogens is 1. The molecule has 0 unspecified atom stereocenters. The molecule has 1 amide bonds. The van der Waals surface area contributed by atoms with Gasteiger partial charge in [-0.1, -0.05) is 25.1 Å². The molecule has 0 aliphatic carbocycles. The van der Waals surface area contributed by atoms with Crippen molar-refractivity contribution in [3.8, 4) is 0 Å². The Morgan fingerprint density at radius 1 is 1.12 bits per heavy atom. The molecule has 1 aromatic carbocycles. The van der Waals surface area contributed by atoms with Gasteiger partial charge in [0, 0.05) is 38.1 Å². The first-order valence-corrected chi connectivity index (χ1v) is 8.51. The Bertz CT molecular complexity index is 666. The first kappa shape index (κ1) is 16.5. The Labute approximate surface area is 143 Å². The van der Waals surface area contributed by atoms with Crippen molar-refractivity contribution in [2.75, 3.05) is 42.9 Å². The van der Waals surface area contributed by atoms with Gasteiger partial charge in [-0.3, -0.25) is 9.69 Å². The lowest BCUT2D eigenvalue weighted by Gasteiger charge is -2.34. The molecule has 1 aliphatic rings. The van der Waals surface area contributed by atoms with Crippen LogP contribution >= 0.6 is 0 Å². The van der Waals surface area contributed by atoms with Crippen LogP contribution in [0.4, 0.5) is 11.5 Å². The van der Waals surface area contributed by atoms with E-state index in [4.69, 9.17) is 0 Å². The number of nitrogens with zero attached hydrogens (tertiary/aromatic N) is 3. The highest BCUT2D eigenvalue weighted by molar-refractivity contribution is 5.92. The molecule has 5 heteroatoms. The predicted molar refractivity (Wildman–Crippen MR) is 97.3 cm³/mol. The van der Waals surface area contributed by atoms with Gasteiger partial charge < -0.3 is 10.2 Å². The van der Waals surface area contributed by atoms with Crippen LogP contribution in [0.15, 0.2) is 48.7 Å². The molecule has 5 nitrogen and oxygen atoms in total. The lowest BCUT2D eigenvalue weighted by molar-refractivity contribution is -0.117. The molecular weight excluding hydrogens is 300 g/mol. The molecule has 1 fully saturated rings. The number of piperazine rings is 1. The maximum absolute atomic E-state index is 12.3. The highest BCUT2D eigenvalue weighted by Crippen LogP contribution is 2.13. The van der Waals surface area contributed by atoms with Crippen molar-refractivity contribution in [2.24, 2.45) is 0 Å². The maximum atomic E-state index is 12.3. The molecule has 126 valence electrons. The van der Waals surface area contributed by atoms with Gasteiger partial charge in [-0.2, -0.15) is 0 Å². The predicted octanol–water partition coefficient (Wildman–Crippen LogP) is 2.40. The highest BCUT2D eigenvalue weighted by Gasteiger charge is 2.19. The second-order valence-electron chi connectivity index (χ2n) is 6.05. The minimum absolute atomic E-state index is 0.0505. The van der Waals surface area contributed by atoms with Crippen LogP contribution in [0.25, 0.3) is 0 Å². The van der Waals surface area contributed by atoms with Gasteiger partial charge in [0.25, 0.3) is 0 Å². The van der Waals surface area contributed by atoms with Crippen molar-refractivity contribution in [2.45, 2.75) is 13.3 Å². The molecule has 24 heavy (non-hydrogen) atoms. The SMILES string of the molecule is CCc1cccc(NC(=O)CN2CCN(c3ccccn3)CC2)c1. The Morgan fingerprint density at radius 3 is 2.67 bits per heavy atom. The zero-order valence-electron chi connectivity index (χ0n) is 14.1. The summed E-state index contributed by atoms with van der Waals surface area (Å²) in [5.41, 5.74) is 2.11. The molecule has 2 heterocycles. The molecule has 0 atom stereocenters. The van der Waals surface area contributed by atoms with Crippen LogP contribution in [0.2, 0.25) is 0 Å². The van der Waals surface area contributed by atoms with Gasteiger partial charge in [0.2, 0.25) is 5.91 Å². The van der Waals surface area contributed by atoms with Crippen molar-refractivity contribution in [3.05, 3.63) is 54.2 Å². The fourth-order valence-corrected chi connectivity index (χ4v) is 2.95. The summed E-state index contributed by atoms with van der Waals surface area (Å²) in [6, 6.07) is 14.0. The molecule has 3 rings (SSSR count). The van der Waals surface area contributed by atoms with E-state index in [1.165, 1.54) is 5.56 Å². The molecule has 0 spiro atoms. The first-order chi connectivity index (χ1) is 11.7. The smallest absolute Gasteiger partial charge is 0.238 e. The third kappa shape index (κ3) is 4.32. The van der Waals surface area contributed by atoms with Crippen LogP contribution in [0, 0.1) is 0 Å². The van der Waals surface area contributed by atoms with Crippen molar-refractivity contribution >= 4 is 17.4 Å². The largest absolute Gasteiger partial charge is 0.354 e. The number of hydrogen-bond donors (Lipinski definition) is 1. The zero-order valence-corrected chi connectivity index (χ0v) is 14.1. The number of aryl methyl sites for hydroxylation is 1. The van der Waals surface area contributed by atoms with E-state index in [0.717, 1.165) is 44.1 Å². The number of carbonyl (C=O) groups excluding carboxylic acids is 1. The van der Waals surface area contributed by atoms with E-state index in [2.05, 4.69) is 33.1 Å². The van der Waals surface area contributed by atoms with Crippen molar-refractivity contribution in [3.63, 3.8) is 0 Å². The highest BCUT2D eigenvalue weighted by atomic mass is 16.2. The average Bonchev–Trinajstić information content (AvgIpc) is 2.63. The lowest BCUT2D eigenvalue weighted by Crippen LogP contribution is -2.48. The minimum Gasteiger partial charge on any atom is -0.354 e. The topological polar surface area (TPSA) is 48.5 Å². The molecule has 1 saturated heterocycles. The maximum Gasteiger partial charge on any atom is 0.238 e. The number of carbonyl (C=O) groups is 1. The summed E-state index contributed by atoms with van der Waals surface area (Å²) in [4.78, 5) is 21.1. The summed E-state index contributed by atoms with van der Waals surface area (Å²) in [6.07, 6.45) is 2.79. The lowest BCUT2D eigenvalue weighted by atomic mass is 10.1. The summed E-state index contributed by atoms with van der Waals surface area (Å²) in [5.74, 6) is 1.06. The number of benzene rings is 1. The van der Waals surface area contributed by atoms with Gasteiger partial charge in [0.15, 0.2) is 0 Å². The second-order valence-corrected chi connectivity index (χ2v) is 6.05.